The molecule has 3 rings (SSSR count). The van der Waals surface area contributed by atoms with Crippen molar-refractivity contribution in [3.05, 3.63) is 65.4 Å². The van der Waals surface area contributed by atoms with Crippen molar-refractivity contribution >= 4 is 43.7 Å². The number of anilines is 2. The quantitative estimate of drug-likeness (QED) is 0.432. The van der Waals surface area contributed by atoms with Crippen LogP contribution in [0.2, 0.25) is 0 Å². The first-order valence-corrected chi connectivity index (χ1v) is 8.52. The van der Waals surface area contributed by atoms with Crippen LogP contribution in [0.25, 0.3) is 11.1 Å². The summed E-state index contributed by atoms with van der Waals surface area (Å²) in [6, 6.07) is 13.9. The van der Waals surface area contributed by atoms with Gasteiger partial charge in [0.1, 0.15) is 20.0 Å². The maximum atomic E-state index is 11.5. The van der Waals surface area contributed by atoms with Crippen molar-refractivity contribution in [2.24, 2.45) is 0 Å². The summed E-state index contributed by atoms with van der Waals surface area (Å²) in [5, 5.41) is 3.38. The fraction of sp³-hybridized carbons (Fsp3) is 0.100. The first-order chi connectivity index (χ1) is 12.0. The van der Waals surface area contributed by atoms with Crippen LogP contribution in [0.4, 0.5) is 11.5 Å². The highest BCUT2D eigenvalue weighted by molar-refractivity contribution is 7.80. The second-order valence-corrected chi connectivity index (χ2v) is 6.73. The van der Waals surface area contributed by atoms with Crippen LogP contribution in [-0.4, -0.2) is 19.1 Å². The van der Waals surface area contributed by atoms with E-state index in [9.17, 15) is 4.79 Å². The minimum absolute atomic E-state index is 0.661. The molecule has 0 aliphatic heterocycles. The van der Waals surface area contributed by atoms with E-state index < -0.39 is 0 Å². The lowest BCUT2D eigenvalue weighted by Crippen LogP contribution is -2.13. The average molecular weight is 346 g/mol. The third-order valence-electron chi connectivity index (χ3n) is 4.22. The van der Waals surface area contributed by atoms with E-state index in [0.717, 1.165) is 50.4 Å². The molecular formula is C20H19BN2OS. The Labute approximate surface area is 154 Å². The molecule has 1 N–H and O–H groups in total. The van der Waals surface area contributed by atoms with E-state index in [-0.39, 0.29) is 0 Å². The van der Waals surface area contributed by atoms with Gasteiger partial charge in [-0.3, -0.25) is 4.79 Å². The molecule has 0 saturated heterocycles. The van der Waals surface area contributed by atoms with Crippen LogP contribution in [0.1, 0.15) is 21.5 Å². The van der Waals surface area contributed by atoms with Gasteiger partial charge in [0.2, 0.25) is 0 Å². The van der Waals surface area contributed by atoms with E-state index in [1.54, 1.807) is 0 Å². The van der Waals surface area contributed by atoms with E-state index in [0.29, 0.717) is 5.56 Å². The Hall–Kier alpha value is -2.53. The number of thiol groups is 1. The van der Waals surface area contributed by atoms with E-state index in [2.05, 4.69) is 29.0 Å². The van der Waals surface area contributed by atoms with Crippen LogP contribution in [0.3, 0.4) is 0 Å². The predicted molar refractivity (Wildman–Crippen MR) is 110 cm³/mol. The predicted octanol–water partition coefficient (Wildman–Crippen LogP) is 3.47. The third kappa shape index (κ3) is 3.77. The van der Waals surface area contributed by atoms with Crippen LogP contribution < -0.4 is 10.8 Å². The van der Waals surface area contributed by atoms with Crippen molar-refractivity contribution in [1.29, 1.82) is 0 Å². The minimum atomic E-state index is 0.661. The highest BCUT2D eigenvalue weighted by Crippen LogP contribution is 2.30. The van der Waals surface area contributed by atoms with Gasteiger partial charge in [-0.1, -0.05) is 18.2 Å². The summed E-state index contributed by atoms with van der Waals surface area (Å²) in [6.45, 7) is 3.96. The zero-order valence-corrected chi connectivity index (χ0v) is 15.4. The molecule has 2 aromatic carbocycles. The third-order valence-corrected chi connectivity index (χ3v) is 4.50. The molecule has 3 aromatic rings. The van der Waals surface area contributed by atoms with E-state index in [1.807, 2.05) is 64.3 Å². The average Bonchev–Trinajstić information content (AvgIpc) is 2.59. The smallest absolute Gasteiger partial charge is 0.150 e. The number of carbonyl (C=O) groups is 1. The first kappa shape index (κ1) is 17.3. The molecule has 25 heavy (non-hydrogen) atoms. The van der Waals surface area contributed by atoms with Crippen molar-refractivity contribution < 1.29 is 4.79 Å². The van der Waals surface area contributed by atoms with Gasteiger partial charge in [0.05, 0.1) is 0 Å². The van der Waals surface area contributed by atoms with Gasteiger partial charge >= 0.3 is 0 Å². The summed E-state index contributed by atoms with van der Waals surface area (Å²) in [5.74, 6) is 0.797. The summed E-state index contributed by atoms with van der Waals surface area (Å²) >= 11 is 4.41. The largest absolute Gasteiger partial charge is 0.340 e. The minimum Gasteiger partial charge on any atom is -0.340 e. The Kier molecular flexibility index (Phi) is 4.95. The molecule has 0 spiro atoms. The summed E-state index contributed by atoms with van der Waals surface area (Å²) in [7, 11) is 2.02. The van der Waals surface area contributed by atoms with Crippen molar-refractivity contribution in [2.45, 2.75) is 18.7 Å². The van der Waals surface area contributed by atoms with Crippen LogP contribution in [0.5, 0.6) is 0 Å². The number of aryl methyl sites for hydroxylation is 1. The number of carbonyl (C=O) groups excluding carboxylic acids is 1. The van der Waals surface area contributed by atoms with Gasteiger partial charge in [-0.15, -0.1) is 12.6 Å². The van der Waals surface area contributed by atoms with Crippen molar-refractivity contribution in [2.75, 3.05) is 5.32 Å². The molecule has 124 valence electrons. The zero-order valence-electron chi connectivity index (χ0n) is 14.5. The SMILES string of the molecule is Bc1cc(C)cnc1Nc1cc(-c2cccc(S)c2)cc(C=O)c1C. The molecular weight excluding hydrogens is 327 g/mol. The summed E-state index contributed by atoms with van der Waals surface area (Å²) < 4.78 is 0. The number of hydrogen-bond donors (Lipinski definition) is 2. The van der Waals surface area contributed by atoms with Crippen molar-refractivity contribution in [3.63, 3.8) is 0 Å². The number of benzene rings is 2. The van der Waals surface area contributed by atoms with Gasteiger partial charge < -0.3 is 5.32 Å². The van der Waals surface area contributed by atoms with Crippen LogP contribution >= 0.6 is 12.6 Å². The molecule has 0 atom stereocenters. The Bertz CT molecular complexity index is 956. The lowest BCUT2D eigenvalue weighted by molar-refractivity contribution is 0.112. The van der Waals surface area contributed by atoms with Gasteiger partial charge in [-0.25, -0.2) is 4.98 Å². The fourth-order valence-corrected chi connectivity index (χ4v) is 3.04. The normalized spacial score (nSPS) is 10.5. The Balaban J connectivity index is 2.09. The van der Waals surface area contributed by atoms with Gasteiger partial charge in [0, 0.05) is 22.3 Å². The molecule has 1 heterocycles. The number of aldehydes is 1. The Morgan fingerprint density at radius 3 is 2.60 bits per heavy atom. The highest BCUT2D eigenvalue weighted by atomic mass is 32.1. The standard InChI is InChI=1S/C20H19BN2OS/c1-12-6-18(21)20(22-10-12)23-19-9-15(7-16(11-24)13(19)2)14-4-3-5-17(25)8-14/h3-11,25H,21H2,1-2H3,(H,22,23). The molecule has 0 aliphatic carbocycles. The fourth-order valence-electron chi connectivity index (χ4n) is 2.81. The number of nitrogens with one attached hydrogen (secondary N) is 1. The molecule has 5 heteroatoms. The first-order valence-electron chi connectivity index (χ1n) is 8.07. The molecule has 0 radical (unpaired) electrons. The molecule has 0 amide bonds. The number of rotatable bonds is 4. The van der Waals surface area contributed by atoms with Gasteiger partial charge in [0.25, 0.3) is 0 Å². The topological polar surface area (TPSA) is 42.0 Å². The van der Waals surface area contributed by atoms with Crippen LogP contribution in [0.15, 0.2) is 53.6 Å². The lowest BCUT2D eigenvalue weighted by Gasteiger charge is -2.15. The molecule has 3 nitrogen and oxygen atoms in total. The Morgan fingerprint density at radius 2 is 1.92 bits per heavy atom. The van der Waals surface area contributed by atoms with Crippen molar-refractivity contribution in [3.8, 4) is 11.1 Å². The zero-order chi connectivity index (χ0) is 18.0. The van der Waals surface area contributed by atoms with E-state index in [4.69, 9.17) is 0 Å². The number of nitrogens with zero attached hydrogens (tertiary/aromatic N) is 1. The summed E-state index contributed by atoms with van der Waals surface area (Å²) in [6.07, 6.45) is 2.73. The molecule has 1 aromatic heterocycles. The number of hydrogen-bond acceptors (Lipinski definition) is 4. The van der Waals surface area contributed by atoms with Crippen LogP contribution in [0, 0.1) is 13.8 Å². The lowest BCUT2D eigenvalue weighted by atomic mass is 9.94. The number of aromatic nitrogens is 1. The second kappa shape index (κ2) is 7.15. The van der Waals surface area contributed by atoms with Crippen LogP contribution in [-0.2, 0) is 0 Å². The summed E-state index contributed by atoms with van der Waals surface area (Å²) in [5.41, 5.74) is 6.62. The van der Waals surface area contributed by atoms with Gasteiger partial charge in [0.15, 0.2) is 0 Å². The molecule has 0 unspecified atom stereocenters. The molecule has 0 saturated carbocycles. The monoisotopic (exact) mass is 346 g/mol. The number of pyridine rings is 1. The maximum Gasteiger partial charge on any atom is 0.150 e. The molecule has 0 bridgehead atoms. The second-order valence-electron chi connectivity index (χ2n) is 6.21. The summed E-state index contributed by atoms with van der Waals surface area (Å²) in [4.78, 5) is 16.9. The van der Waals surface area contributed by atoms with Gasteiger partial charge in [-0.05, 0) is 65.8 Å². The van der Waals surface area contributed by atoms with Gasteiger partial charge in [-0.2, -0.15) is 0 Å². The van der Waals surface area contributed by atoms with Crippen molar-refractivity contribution in [1.82, 2.24) is 4.98 Å². The maximum absolute atomic E-state index is 11.5. The highest BCUT2D eigenvalue weighted by Gasteiger charge is 2.10. The molecule has 0 fully saturated rings. The van der Waals surface area contributed by atoms with E-state index in [1.165, 1.54) is 0 Å². The Morgan fingerprint density at radius 1 is 1.12 bits per heavy atom. The van der Waals surface area contributed by atoms with E-state index >= 15 is 0 Å². The molecule has 0 aliphatic rings.